The monoisotopic (exact) mass is 191 g/mol. The number of aliphatic hydroxyl groups excluding tert-OH is 1. The van der Waals surface area contributed by atoms with E-state index in [1.165, 1.54) is 5.56 Å². The summed E-state index contributed by atoms with van der Waals surface area (Å²) in [6.07, 6.45) is 1.54. The van der Waals surface area contributed by atoms with Crippen molar-refractivity contribution in [3.05, 3.63) is 35.9 Å². The summed E-state index contributed by atoms with van der Waals surface area (Å²) in [4.78, 5) is 0. The van der Waals surface area contributed by atoms with Gasteiger partial charge >= 0.3 is 0 Å². The minimum Gasteiger partial charge on any atom is -0.393 e. The topological polar surface area (TPSA) is 32.3 Å². The van der Waals surface area contributed by atoms with Crippen molar-refractivity contribution in [3.8, 4) is 0 Å². The molecule has 0 spiro atoms. The van der Waals surface area contributed by atoms with E-state index in [-0.39, 0.29) is 6.10 Å². The fourth-order valence-electron chi connectivity index (χ4n) is 2.17. The maximum Gasteiger partial charge on any atom is 0.0573 e. The zero-order chi connectivity index (χ0) is 9.97. The number of benzene rings is 1. The number of aliphatic hydroxyl groups is 1. The molecule has 0 amide bonds. The summed E-state index contributed by atoms with van der Waals surface area (Å²) in [5.41, 5.74) is 1.28. The summed E-state index contributed by atoms with van der Waals surface area (Å²) in [6, 6.07) is 11.1. The summed E-state index contributed by atoms with van der Waals surface area (Å²) < 4.78 is 0. The molecule has 2 N–H and O–H groups in total. The Hall–Kier alpha value is -0.860. The third-order valence-corrected chi connectivity index (χ3v) is 2.82. The van der Waals surface area contributed by atoms with Crippen molar-refractivity contribution >= 4 is 0 Å². The van der Waals surface area contributed by atoms with E-state index < -0.39 is 0 Å². The lowest BCUT2D eigenvalue weighted by atomic mass is 9.92. The zero-order valence-electron chi connectivity index (χ0n) is 8.48. The molecule has 14 heavy (non-hydrogen) atoms. The molecular weight excluding hydrogens is 174 g/mol. The fourth-order valence-corrected chi connectivity index (χ4v) is 2.17. The lowest BCUT2D eigenvalue weighted by Crippen LogP contribution is -2.40. The van der Waals surface area contributed by atoms with Crippen LogP contribution in [0.3, 0.4) is 0 Å². The predicted molar refractivity (Wildman–Crippen MR) is 57.0 cm³/mol. The predicted octanol–water partition coefficient (Wildman–Crippen LogP) is 1.86. The van der Waals surface area contributed by atoms with Gasteiger partial charge in [-0.05, 0) is 25.3 Å². The molecular formula is C12H17NO. The average Bonchev–Trinajstić information content (AvgIpc) is 2.18. The van der Waals surface area contributed by atoms with Crippen LogP contribution in [0.1, 0.15) is 31.4 Å². The normalized spacial score (nSPS) is 32.9. The summed E-state index contributed by atoms with van der Waals surface area (Å²) in [6.45, 7) is 2.12. The first kappa shape index (κ1) is 9.69. The quantitative estimate of drug-likeness (QED) is 0.710. The highest BCUT2D eigenvalue weighted by molar-refractivity contribution is 5.19. The molecule has 0 radical (unpaired) electrons. The number of nitrogens with one attached hydrogen (secondary N) is 1. The van der Waals surface area contributed by atoms with Crippen molar-refractivity contribution < 1.29 is 5.11 Å². The van der Waals surface area contributed by atoms with Gasteiger partial charge in [-0.15, -0.1) is 0 Å². The second-order valence-corrected chi connectivity index (χ2v) is 4.16. The third kappa shape index (κ3) is 2.14. The van der Waals surface area contributed by atoms with Crippen molar-refractivity contribution in [2.24, 2.45) is 0 Å². The first-order valence-electron chi connectivity index (χ1n) is 5.25. The largest absolute Gasteiger partial charge is 0.393 e. The molecule has 1 aliphatic heterocycles. The van der Waals surface area contributed by atoms with Crippen LogP contribution in [0.5, 0.6) is 0 Å². The van der Waals surface area contributed by atoms with Crippen LogP contribution >= 0.6 is 0 Å². The lowest BCUT2D eigenvalue weighted by Gasteiger charge is -2.32. The minimum absolute atomic E-state index is 0.156. The van der Waals surface area contributed by atoms with Gasteiger partial charge in [-0.25, -0.2) is 0 Å². The first-order chi connectivity index (χ1) is 6.75. The SMILES string of the molecule is C[C@@H]1C[C@H](O)C[C@H](c2ccccc2)N1. The Balaban J connectivity index is 2.11. The number of rotatable bonds is 1. The molecule has 0 saturated carbocycles. The summed E-state index contributed by atoms with van der Waals surface area (Å²) in [5.74, 6) is 0. The molecule has 1 heterocycles. The van der Waals surface area contributed by atoms with E-state index in [0.717, 1.165) is 12.8 Å². The van der Waals surface area contributed by atoms with Crippen LogP contribution in [0.15, 0.2) is 30.3 Å². The van der Waals surface area contributed by atoms with Crippen LogP contribution in [0.2, 0.25) is 0 Å². The van der Waals surface area contributed by atoms with E-state index in [1.54, 1.807) is 0 Å². The smallest absolute Gasteiger partial charge is 0.0573 e. The molecule has 1 aromatic carbocycles. The van der Waals surface area contributed by atoms with Crippen molar-refractivity contribution in [1.29, 1.82) is 0 Å². The number of hydrogen-bond donors (Lipinski definition) is 2. The summed E-state index contributed by atoms with van der Waals surface area (Å²) in [5, 5.41) is 13.2. The van der Waals surface area contributed by atoms with Crippen molar-refractivity contribution in [3.63, 3.8) is 0 Å². The van der Waals surface area contributed by atoms with E-state index in [2.05, 4.69) is 24.4 Å². The first-order valence-corrected chi connectivity index (χ1v) is 5.25. The lowest BCUT2D eigenvalue weighted by molar-refractivity contribution is 0.0975. The molecule has 1 fully saturated rings. The Bertz CT molecular complexity index is 276. The van der Waals surface area contributed by atoms with Gasteiger partial charge in [-0.3, -0.25) is 0 Å². The summed E-state index contributed by atoms with van der Waals surface area (Å²) in [7, 11) is 0. The minimum atomic E-state index is -0.156. The third-order valence-electron chi connectivity index (χ3n) is 2.82. The molecule has 2 rings (SSSR count). The maximum atomic E-state index is 9.67. The van der Waals surface area contributed by atoms with Gasteiger partial charge in [0.1, 0.15) is 0 Å². The van der Waals surface area contributed by atoms with Gasteiger partial charge in [0, 0.05) is 12.1 Å². The zero-order valence-corrected chi connectivity index (χ0v) is 8.48. The average molecular weight is 191 g/mol. The molecule has 1 aliphatic rings. The second kappa shape index (κ2) is 4.11. The molecule has 0 bridgehead atoms. The Labute approximate surface area is 85.0 Å². The Morgan fingerprint density at radius 3 is 2.57 bits per heavy atom. The van der Waals surface area contributed by atoms with Gasteiger partial charge in [-0.1, -0.05) is 30.3 Å². The van der Waals surface area contributed by atoms with Crippen LogP contribution in [0.25, 0.3) is 0 Å². The molecule has 0 aliphatic carbocycles. The van der Waals surface area contributed by atoms with Crippen LogP contribution in [0, 0.1) is 0 Å². The van der Waals surface area contributed by atoms with E-state index in [1.807, 2.05) is 18.2 Å². The van der Waals surface area contributed by atoms with Crippen LogP contribution < -0.4 is 5.32 Å². The highest BCUT2D eigenvalue weighted by atomic mass is 16.3. The molecule has 0 unspecified atom stereocenters. The van der Waals surface area contributed by atoms with Gasteiger partial charge < -0.3 is 10.4 Å². The number of piperidine rings is 1. The van der Waals surface area contributed by atoms with Crippen LogP contribution in [-0.2, 0) is 0 Å². The van der Waals surface area contributed by atoms with Gasteiger partial charge in [0.15, 0.2) is 0 Å². The second-order valence-electron chi connectivity index (χ2n) is 4.16. The van der Waals surface area contributed by atoms with E-state index in [4.69, 9.17) is 0 Å². The Morgan fingerprint density at radius 2 is 1.93 bits per heavy atom. The van der Waals surface area contributed by atoms with Crippen LogP contribution in [0.4, 0.5) is 0 Å². The van der Waals surface area contributed by atoms with Crippen LogP contribution in [-0.4, -0.2) is 17.3 Å². The standard InChI is InChI=1S/C12H17NO/c1-9-7-11(14)8-12(13-9)10-5-3-2-4-6-10/h2-6,9,11-14H,7-8H2,1H3/t9-,11+,12-/m1/s1. The van der Waals surface area contributed by atoms with E-state index in [0.29, 0.717) is 12.1 Å². The molecule has 3 atom stereocenters. The van der Waals surface area contributed by atoms with E-state index in [9.17, 15) is 5.11 Å². The maximum absolute atomic E-state index is 9.67. The molecule has 1 saturated heterocycles. The Morgan fingerprint density at radius 1 is 1.21 bits per heavy atom. The molecule has 2 heteroatoms. The molecule has 76 valence electrons. The highest BCUT2D eigenvalue weighted by Crippen LogP contribution is 2.25. The number of hydrogen-bond acceptors (Lipinski definition) is 2. The van der Waals surface area contributed by atoms with Gasteiger partial charge in [0.25, 0.3) is 0 Å². The van der Waals surface area contributed by atoms with Crippen molar-refractivity contribution in [1.82, 2.24) is 5.32 Å². The Kier molecular flexibility index (Phi) is 2.85. The fraction of sp³-hybridized carbons (Fsp3) is 0.500. The summed E-state index contributed by atoms with van der Waals surface area (Å²) >= 11 is 0. The van der Waals surface area contributed by atoms with Gasteiger partial charge in [-0.2, -0.15) is 0 Å². The van der Waals surface area contributed by atoms with E-state index >= 15 is 0 Å². The van der Waals surface area contributed by atoms with Gasteiger partial charge in [0.05, 0.1) is 6.10 Å². The molecule has 0 aromatic heterocycles. The molecule has 1 aromatic rings. The van der Waals surface area contributed by atoms with Gasteiger partial charge in [0.2, 0.25) is 0 Å². The molecule has 2 nitrogen and oxygen atoms in total. The van der Waals surface area contributed by atoms with Crippen molar-refractivity contribution in [2.75, 3.05) is 0 Å². The van der Waals surface area contributed by atoms with Crippen molar-refractivity contribution in [2.45, 2.75) is 38.0 Å². The highest BCUT2D eigenvalue weighted by Gasteiger charge is 2.24.